The van der Waals surface area contributed by atoms with E-state index >= 15 is 0 Å². The number of hydrogen-bond acceptors (Lipinski definition) is 5. The van der Waals surface area contributed by atoms with Crippen LogP contribution in [0.3, 0.4) is 0 Å². The van der Waals surface area contributed by atoms with E-state index in [4.69, 9.17) is 4.52 Å². The van der Waals surface area contributed by atoms with Crippen molar-refractivity contribution in [3.05, 3.63) is 41.5 Å². The lowest BCUT2D eigenvalue weighted by Crippen LogP contribution is -2.23. The van der Waals surface area contributed by atoms with Crippen LogP contribution in [0.15, 0.2) is 33.7 Å². The van der Waals surface area contributed by atoms with Crippen LogP contribution in [-0.2, 0) is 12.2 Å². The highest BCUT2D eigenvalue weighted by Gasteiger charge is 2.07. The van der Waals surface area contributed by atoms with Gasteiger partial charge in [-0.2, -0.15) is 4.98 Å². The summed E-state index contributed by atoms with van der Waals surface area (Å²) in [4.78, 5) is 5.71. The summed E-state index contributed by atoms with van der Waals surface area (Å²) < 4.78 is 5.29. The quantitative estimate of drug-likeness (QED) is 0.596. The molecular formula is C16H23N3OS. The van der Waals surface area contributed by atoms with E-state index in [0.29, 0.717) is 6.04 Å². The van der Waals surface area contributed by atoms with E-state index in [2.05, 4.69) is 60.5 Å². The van der Waals surface area contributed by atoms with Crippen molar-refractivity contribution in [3.63, 3.8) is 0 Å². The number of thioether (sulfide) groups is 1. The van der Waals surface area contributed by atoms with Gasteiger partial charge in [0.2, 0.25) is 5.89 Å². The highest BCUT2D eigenvalue weighted by Crippen LogP contribution is 2.24. The molecule has 0 saturated heterocycles. The first-order valence-electron chi connectivity index (χ1n) is 7.38. The summed E-state index contributed by atoms with van der Waals surface area (Å²) in [5.74, 6) is 2.26. The zero-order valence-corrected chi connectivity index (χ0v) is 13.7. The lowest BCUT2D eigenvalue weighted by Gasteiger charge is -2.05. The average molecular weight is 305 g/mol. The van der Waals surface area contributed by atoms with E-state index in [1.165, 1.54) is 10.5 Å². The SMILES string of the molecule is Cc1ccccc1SCc1noc(CCCNC(C)C)n1. The van der Waals surface area contributed by atoms with Gasteiger partial charge >= 0.3 is 0 Å². The zero-order chi connectivity index (χ0) is 15.1. The molecule has 1 aromatic carbocycles. The van der Waals surface area contributed by atoms with E-state index in [9.17, 15) is 0 Å². The third-order valence-corrected chi connectivity index (χ3v) is 4.25. The van der Waals surface area contributed by atoms with Crippen molar-refractivity contribution in [2.24, 2.45) is 0 Å². The Bertz CT molecular complexity index is 554. The molecule has 21 heavy (non-hydrogen) atoms. The molecule has 1 N–H and O–H groups in total. The predicted octanol–water partition coefficient (Wildman–Crippen LogP) is 3.60. The van der Waals surface area contributed by atoms with Gasteiger partial charge in [0.1, 0.15) is 0 Å². The molecule has 0 bridgehead atoms. The van der Waals surface area contributed by atoms with Crippen LogP contribution in [0.5, 0.6) is 0 Å². The van der Waals surface area contributed by atoms with Gasteiger partial charge in [0, 0.05) is 17.4 Å². The van der Waals surface area contributed by atoms with Crippen LogP contribution >= 0.6 is 11.8 Å². The largest absolute Gasteiger partial charge is 0.339 e. The molecule has 0 aliphatic carbocycles. The van der Waals surface area contributed by atoms with Crippen LogP contribution in [0.2, 0.25) is 0 Å². The van der Waals surface area contributed by atoms with Crippen LogP contribution in [0, 0.1) is 6.92 Å². The molecule has 0 radical (unpaired) electrons. The van der Waals surface area contributed by atoms with E-state index in [1.807, 2.05) is 0 Å². The maximum Gasteiger partial charge on any atom is 0.226 e. The Labute approximate surface area is 130 Å². The van der Waals surface area contributed by atoms with Gasteiger partial charge in [0.05, 0.1) is 5.75 Å². The first kappa shape index (κ1) is 16.0. The molecule has 2 aromatic rings. The number of nitrogens with zero attached hydrogens (tertiary/aromatic N) is 2. The van der Waals surface area contributed by atoms with Gasteiger partial charge in [-0.3, -0.25) is 0 Å². The molecule has 0 amide bonds. The Morgan fingerprint density at radius 2 is 2.10 bits per heavy atom. The van der Waals surface area contributed by atoms with Gasteiger partial charge in [-0.05, 0) is 31.5 Å². The highest BCUT2D eigenvalue weighted by molar-refractivity contribution is 7.98. The molecule has 5 heteroatoms. The van der Waals surface area contributed by atoms with Gasteiger partial charge < -0.3 is 9.84 Å². The monoisotopic (exact) mass is 305 g/mol. The minimum atomic E-state index is 0.522. The summed E-state index contributed by atoms with van der Waals surface area (Å²) in [6.45, 7) is 7.39. The Balaban J connectivity index is 1.77. The van der Waals surface area contributed by atoms with E-state index < -0.39 is 0 Å². The molecule has 0 unspecified atom stereocenters. The molecule has 0 saturated carbocycles. The lowest BCUT2D eigenvalue weighted by atomic mass is 10.2. The van der Waals surface area contributed by atoms with Crippen molar-refractivity contribution in [1.29, 1.82) is 0 Å². The molecule has 1 heterocycles. The Hall–Kier alpha value is -1.33. The Morgan fingerprint density at radius 3 is 2.86 bits per heavy atom. The summed E-state index contributed by atoms with van der Waals surface area (Å²) in [5.41, 5.74) is 1.28. The second kappa shape index (κ2) is 8.20. The maximum atomic E-state index is 5.29. The van der Waals surface area contributed by atoms with Gasteiger partial charge in [-0.15, -0.1) is 11.8 Å². The summed E-state index contributed by atoms with van der Waals surface area (Å²) in [5, 5.41) is 7.43. The summed E-state index contributed by atoms with van der Waals surface area (Å²) in [7, 11) is 0. The van der Waals surface area contributed by atoms with Gasteiger partial charge in [-0.25, -0.2) is 0 Å². The third-order valence-electron chi connectivity index (χ3n) is 3.08. The fourth-order valence-electron chi connectivity index (χ4n) is 1.94. The van der Waals surface area contributed by atoms with E-state index in [0.717, 1.165) is 36.9 Å². The van der Waals surface area contributed by atoms with Crippen molar-refractivity contribution in [1.82, 2.24) is 15.5 Å². The first-order valence-corrected chi connectivity index (χ1v) is 8.37. The molecule has 4 nitrogen and oxygen atoms in total. The molecule has 114 valence electrons. The van der Waals surface area contributed by atoms with Gasteiger partial charge in [-0.1, -0.05) is 37.2 Å². The summed E-state index contributed by atoms with van der Waals surface area (Å²) >= 11 is 1.75. The topological polar surface area (TPSA) is 51.0 Å². The number of aryl methyl sites for hydroxylation is 2. The van der Waals surface area contributed by atoms with Crippen LogP contribution in [0.1, 0.15) is 37.5 Å². The van der Waals surface area contributed by atoms with Crippen LogP contribution < -0.4 is 5.32 Å². The second-order valence-electron chi connectivity index (χ2n) is 5.37. The zero-order valence-electron chi connectivity index (χ0n) is 12.9. The number of aromatic nitrogens is 2. The molecule has 2 rings (SSSR count). The third kappa shape index (κ3) is 5.52. The van der Waals surface area contributed by atoms with Crippen molar-refractivity contribution in [3.8, 4) is 0 Å². The average Bonchev–Trinajstić information content (AvgIpc) is 2.90. The predicted molar refractivity (Wildman–Crippen MR) is 86.5 cm³/mol. The fraction of sp³-hybridized carbons (Fsp3) is 0.500. The summed E-state index contributed by atoms with van der Waals surface area (Å²) in [6, 6.07) is 8.87. The molecule has 0 spiro atoms. The van der Waals surface area contributed by atoms with Crippen LogP contribution in [0.25, 0.3) is 0 Å². The normalized spacial score (nSPS) is 11.2. The molecule has 0 fully saturated rings. The number of hydrogen-bond donors (Lipinski definition) is 1. The van der Waals surface area contributed by atoms with Crippen molar-refractivity contribution in [2.45, 2.75) is 50.3 Å². The lowest BCUT2D eigenvalue weighted by molar-refractivity contribution is 0.370. The van der Waals surface area contributed by atoms with Crippen LogP contribution in [0.4, 0.5) is 0 Å². The van der Waals surface area contributed by atoms with Crippen LogP contribution in [-0.4, -0.2) is 22.7 Å². The molecule has 0 aliphatic heterocycles. The fourth-order valence-corrected chi connectivity index (χ4v) is 2.81. The van der Waals surface area contributed by atoms with E-state index in [1.54, 1.807) is 11.8 Å². The maximum absolute atomic E-state index is 5.29. The van der Waals surface area contributed by atoms with Crippen molar-refractivity contribution in [2.75, 3.05) is 6.54 Å². The van der Waals surface area contributed by atoms with Crippen molar-refractivity contribution >= 4 is 11.8 Å². The highest BCUT2D eigenvalue weighted by atomic mass is 32.2. The molecule has 1 aromatic heterocycles. The molecular weight excluding hydrogens is 282 g/mol. The van der Waals surface area contributed by atoms with Crippen molar-refractivity contribution < 1.29 is 4.52 Å². The second-order valence-corrected chi connectivity index (χ2v) is 6.39. The van der Waals surface area contributed by atoms with E-state index in [-0.39, 0.29) is 0 Å². The number of rotatable bonds is 8. The smallest absolute Gasteiger partial charge is 0.226 e. The van der Waals surface area contributed by atoms with Gasteiger partial charge in [0.15, 0.2) is 5.82 Å². The minimum absolute atomic E-state index is 0.522. The minimum Gasteiger partial charge on any atom is -0.339 e. The summed E-state index contributed by atoms with van der Waals surface area (Å²) in [6.07, 6.45) is 1.85. The standard InChI is InChI=1S/C16H23N3OS/c1-12(2)17-10-6-9-16-18-15(19-20-16)11-21-14-8-5-4-7-13(14)3/h4-5,7-8,12,17H,6,9-11H2,1-3H3. The Kier molecular flexibility index (Phi) is 6.26. The van der Waals surface area contributed by atoms with Gasteiger partial charge in [0.25, 0.3) is 0 Å². The Morgan fingerprint density at radius 1 is 1.29 bits per heavy atom. The number of benzene rings is 1. The molecule has 0 aliphatic rings. The first-order chi connectivity index (χ1) is 10.1. The molecule has 0 atom stereocenters. The number of nitrogens with one attached hydrogen (secondary N) is 1.